The molecule has 2 atom stereocenters. The van der Waals surface area contributed by atoms with Crippen LogP contribution in [-0.4, -0.2) is 22.4 Å². The summed E-state index contributed by atoms with van der Waals surface area (Å²) < 4.78 is 0. The largest absolute Gasteiger partial charge is 0.318 e. The molecule has 3 nitrogen and oxygen atoms in total. The molecule has 3 rings (SSSR count). The highest BCUT2D eigenvalue weighted by atomic mass is 16.2. The Morgan fingerprint density at radius 2 is 2.14 bits per heavy atom. The first-order valence-corrected chi connectivity index (χ1v) is 8.28. The van der Waals surface area contributed by atoms with Crippen LogP contribution in [-0.2, 0) is 4.79 Å². The van der Waals surface area contributed by atoms with Gasteiger partial charge in [0.1, 0.15) is 11.7 Å². The molecule has 1 saturated heterocycles. The third kappa shape index (κ3) is 2.48. The SMILES string of the molecule is CCCC(CC)N1C(=O)C2(CC2)NC1c1cccc(C)c1. The summed E-state index contributed by atoms with van der Waals surface area (Å²) >= 11 is 0. The first kappa shape index (κ1) is 14.6. The van der Waals surface area contributed by atoms with Gasteiger partial charge in [-0.2, -0.15) is 0 Å². The number of nitrogens with zero attached hydrogens (tertiary/aromatic N) is 1. The van der Waals surface area contributed by atoms with Gasteiger partial charge in [-0.05, 0) is 38.2 Å². The van der Waals surface area contributed by atoms with Crippen molar-refractivity contribution in [1.29, 1.82) is 0 Å². The summed E-state index contributed by atoms with van der Waals surface area (Å²) in [6, 6.07) is 8.90. The minimum absolute atomic E-state index is 0.0522. The van der Waals surface area contributed by atoms with E-state index in [0.717, 1.165) is 32.1 Å². The Morgan fingerprint density at radius 3 is 2.71 bits per heavy atom. The van der Waals surface area contributed by atoms with Crippen LogP contribution in [0.2, 0.25) is 0 Å². The molecule has 2 fully saturated rings. The van der Waals surface area contributed by atoms with Crippen molar-refractivity contribution in [1.82, 2.24) is 10.2 Å². The fourth-order valence-electron chi connectivity index (χ4n) is 3.57. The molecule has 21 heavy (non-hydrogen) atoms. The summed E-state index contributed by atoms with van der Waals surface area (Å²) in [7, 11) is 0. The smallest absolute Gasteiger partial charge is 0.244 e. The van der Waals surface area contributed by atoms with Gasteiger partial charge in [0.2, 0.25) is 5.91 Å². The van der Waals surface area contributed by atoms with Gasteiger partial charge in [0.25, 0.3) is 0 Å². The summed E-state index contributed by atoms with van der Waals surface area (Å²) in [6.45, 7) is 6.50. The van der Waals surface area contributed by atoms with Crippen LogP contribution >= 0.6 is 0 Å². The molecule has 1 aromatic rings. The Bertz CT molecular complexity index is 536. The molecule has 2 aliphatic rings. The fourth-order valence-corrected chi connectivity index (χ4v) is 3.57. The maximum Gasteiger partial charge on any atom is 0.244 e. The minimum atomic E-state index is -0.241. The number of hydrogen-bond acceptors (Lipinski definition) is 2. The Labute approximate surface area is 127 Å². The molecule has 1 aliphatic carbocycles. The van der Waals surface area contributed by atoms with E-state index < -0.39 is 0 Å². The summed E-state index contributed by atoms with van der Waals surface area (Å²) in [5.41, 5.74) is 2.24. The maximum atomic E-state index is 12.9. The summed E-state index contributed by atoms with van der Waals surface area (Å²) in [6.07, 6.45) is 5.27. The number of hydrogen-bond donors (Lipinski definition) is 1. The molecular weight excluding hydrogens is 260 g/mol. The van der Waals surface area contributed by atoms with Gasteiger partial charge < -0.3 is 4.90 Å². The Morgan fingerprint density at radius 1 is 1.38 bits per heavy atom. The Kier molecular flexibility index (Phi) is 3.78. The highest BCUT2D eigenvalue weighted by Gasteiger charge is 2.60. The minimum Gasteiger partial charge on any atom is -0.318 e. The Balaban J connectivity index is 1.94. The molecule has 1 aromatic carbocycles. The van der Waals surface area contributed by atoms with Crippen LogP contribution in [0.15, 0.2) is 24.3 Å². The predicted molar refractivity (Wildman–Crippen MR) is 84.9 cm³/mol. The summed E-state index contributed by atoms with van der Waals surface area (Å²) in [5.74, 6) is 0.328. The van der Waals surface area contributed by atoms with Gasteiger partial charge in [-0.1, -0.05) is 50.1 Å². The van der Waals surface area contributed by atoms with E-state index in [-0.39, 0.29) is 11.7 Å². The van der Waals surface area contributed by atoms with Gasteiger partial charge in [0.15, 0.2) is 0 Å². The number of amides is 1. The zero-order valence-electron chi connectivity index (χ0n) is 13.4. The number of aryl methyl sites for hydroxylation is 1. The van der Waals surface area contributed by atoms with Crippen molar-refractivity contribution in [2.75, 3.05) is 0 Å². The van der Waals surface area contributed by atoms with Crippen molar-refractivity contribution in [3.63, 3.8) is 0 Å². The lowest BCUT2D eigenvalue weighted by atomic mass is 10.0. The normalized spacial score (nSPS) is 24.6. The monoisotopic (exact) mass is 286 g/mol. The molecule has 1 aliphatic heterocycles. The number of carbonyl (C=O) groups is 1. The predicted octanol–water partition coefficient (Wildman–Crippen LogP) is 3.54. The molecule has 3 heteroatoms. The number of nitrogens with one attached hydrogen (secondary N) is 1. The van der Waals surface area contributed by atoms with Crippen molar-refractivity contribution < 1.29 is 4.79 Å². The molecule has 1 spiro atoms. The van der Waals surface area contributed by atoms with Crippen LogP contribution < -0.4 is 5.32 Å². The molecule has 0 bridgehead atoms. The fraction of sp³-hybridized carbons (Fsp3) is 0.611. The zero-order chi connectivity index (χ0) is 15.0. The van der Waals surface area contributed by atoms with Crippen LogP contribution in [0.5, 0.6) is 0 Å². The molecule has 0 radical (unpaired) electrons. The van der Waals surface area contributed by atoms with Gasteiger partial charge in [0, 0.05) is 6.04 Å². The van der Waals surface area contributed by atoms with E-state index in [1.165, 1.54) is 11.1 Å². The van der Waals surface area contributed by atoms with Crippen molar-refractivity contribution >= 4 is 5.91 Å². The summed E-state index contributed by atoms with van der Waals surface area (Å²) in [4.78, 5) is 15.0. The van der Waals surface area contributed by atoms with Crippen LogP contribution in [0.3, 0.4) is 0 Å². The second-order valence-electron chi connectivity index (χ2n) is 6.61. The first-order valence-electron chi connectivity index (χ1n) is 8.28. The number of rotatable bonds is 5. The van der Waals surface area contributed by atoms with Crippen molar-refractivity contribution in [2.24, 2.45) is 0 Å². The lowest BCUT2D eigenvalue weighted by Gasteiger charge is -2.32. The van der Waals surface area contributed by atoms with Crippen LogP contribution in [0, 0.1) is 6.92 Å². The van der Waals surface area contributed by atoms with Crippen LogP contribution in [0.4, 0.5) is 0 Å². The van der Waals surface area contributed by atoms with Crippen molar-refractivity contribution in [3.05, 3.63) is 35.4 Å². The van der Waals surface area contributed by atoms with E-state index in [4.69, 9.17) is 0 Å². The standard InChI is InChI=1S/C18H26N2O/c1-4-7-15(5-2)20-16(14-9-6-8-13(3)12-14)19-18(10-11-18)17(20)21/h6,8-9,12,15-16,19H,4-5,7,10-11H2,1-3H3. The summed E-state index contributed by atoms with van der Waals surface area (Å²) in [5, 5.41) is 3.63. The van der Waals surface area contributed by atoms with E-state index in [1.54, 1.807) is 0 Å². The van der Waals surface area contributed by atoms with Crippen molar-refractivity contribution in [3.8, 4) is 0 Å². The van der Waals surface area contributed by atoms with Crippen molar-refractivity contribution in [2.45, 2.75) is 70.6 Å². The highest BCUT2D eigenvalue weighted by Crippen LogP contribution is 2.47. The lowest BCUT2D eigenvalue weighted by molar-refractivity contribution is -0.133. The maximum absolute atomic E-state index is 12.9. The van der Waals surface area contributed by atoms with Gasteiger partial charge >= 0.3 is 0 Å². The second-order valence-corrected chi connectivity index (χ2v) is 6.61. The third-order valence-electron chi connectivity index (χ3n) is 4.93. The first-order chi connectivity index (χ1) is 10.1. The molecule has 114 valence electrons. The number of benzene rings is 1. The average molecular weight is 286 g/mol. The van der Waals surface area contributed by atoms with E-state index in [2.05, 4.69) is 55.3 Å². The molecule has 1 amide bonds. The van der Waals surface area contributed by atoms with E-state index in [1.807, 2.05) is 0 Å². The quantitative estimate of drug-likeness (QED) is 0.898. The average Bonchev–Trinajstić information content (AvgIpc) is 3.20. The molecule has 1 heterocycles. The van der Waals surface area contributed by atoms with Gasteiger partial charge in [0.05, 0.1) is 0 Å². The molecule has 2 unspecified atom stereocenters. The Hall–Kier alpha value is -1.35. The van der Waals surface area contributed by atoms with Gasteiger partial charge in [-0.25, -0.2) is 0 Å². The van der Waals surface area contributed by atoms with Gasteiger partial charge in [-0.15, -0.1) is 0 Å². The second kappa shape index (κ2) is 5.45. The van der Waals surface area contributed by atoms with E-state index in [0.29, 0.717) is 11.9 Å². The molecule has 0 aromatic heterocycles. The third-order valence-corrected chi connectivity index (χ3v) is 4.93. The lowest BCUT2D eigenvalue weighted by Crippen LogP contribution is -2.40. The topological polar surface area (TPSA) is 32.3 Å². The van der Waals surface area contributed by atoms with Gasteiger partial charge in [-0.3, -0.25) is 10.1 Å². The van der Waals surface area contributed by atoms with Crippen LogP contribution in [0.1, 0.15) is 63.2 Å². The molecule has 1 saturated carbocycles. The number of carbonyl (C=O) groups excluding carboxylic acids is 1. The van der Waals surface area contributed by atoms with E-state index in [9.17, 15) is 4.79 Å². The highest BCUT2D eigenvalue weighted by molar-refractivity contribution is 5.92. The molecule has 1 N–H and O–H groups in total. The van der Waals surface area contributed by atoms with Crippen LogP contribution in [0.25, 0.3) is 0 Å². The zero-order valence-corrected chi connectivity index (χ0v) is 13.4. The molecular formula is C18H26N2O. The van der Waals surface area contributed by atoms with E-state index >= 15 is 0 Å².